The van der Waals surface area contributed by atoms with Gasteiger partial charge in [-0.3, -0.25) is 0 Å². The lowest BCUT2D eigenvalue weighted by atomic mass is 10.2. The van der Waals surface area contributed by atoms with E-state index in [-0.39, 0.29) is 5.92 Å². The van der Waals surface area contributed by atoms with Crippen LogP contribution in [0.5, 0.6) is 0 Å². The second-order valence-corrected chi connectivity index (χ2v) is 3.02. The fourth-order valence-corrected chi connectivity index (χ4v) is 0.907. The predicted molar refractivity (Wildman–Crippen MR) is 45.6 cm³/mol. The lowest BCUT2D eigenvalue weighted by Gasteiger charge is -2.03. The summed E-state index contributed by atoms with van der Waals surface area (Å²) in [6, 6.07) is 3.70. The molecule has 0 saturated carbocycles. The van der Waals surface area contributed by atoms with Gasteiger partial charge in [-0.15, -0.1) is 0 Å². The van der Waals surface area contributed by atoms with Crippen LogP contribution in [0.2, 0.25) is 0 Å². The molecule has 12 heavy (non-hydrogen) atoms. The van der Waals surface area contributed by atoms with Gasteiger partial charge < -0.3 is 0 Å². The molecule has 0 bridgehead atoms. The van der Waals surface area contributed by atoms with Crippen molar-refractivity contribution in [2.75, 3.05) is 0 Å². The molecule has 0 saturated heterocycles. The first-order valence-corrected chi connectivity index (χ1v) is 3.89. The molecule has 0 N–H and O–H groups in total. The van der Waals surface area contributed by atoms with E-state index in [1.165, 1.54) is 0 Å². The van der Waals surface area contributed by atoms with Gasteiger partial charge in [0.1, 0.15) is 17.6 Å². The molecular formula is C9H11N3. The van der Waals surface area contributed by atoms with Crippen LogP contribution >= 0.6 is 0 Å². The standard InChI is InChI=1S/C9H11N3/c1-6(2)9-11-7(3)4-8(5-10)12-9/h4,6H,1-3H3. The minimum atomic E-state index is 0.275. The van der Waals surface area contributed by atoms with E-state index >= 15 is 0 Å². The van der Waals surface area contributed by atoms with Gasteiger partial charge >= 0.3 is 0 Å². The van der Waals surface area contributed by atoms with E-state index < -0.39 is 0 Å². The van der Waals surface area contributed by atoms with E-state index in [4.69, 9.17) is 5.26 Å². The molecule has 0 aromatic carbocycles. The monoisotopic (exact) mass is 161 g/mol. The van der Waals surface area contributed by atoms with Crippen LogP contribution in [0.15, 0.2) is 6.07 Å². The first-order chi connectivity index (χ1) is 5.63. The summed E-state index contributed by atoms with van der Waals surface area (Å²) in [6.07, 6.45) is 0. The Kier molecular flexibility index (Phi) is 2.39. The third kappa shape index (κ3) is 1.79. The van der Waals surface area contributed by atoms with Gasteiger partial charge in [-0.25, -0.2) is 9.97 Å². The van der Waals surface area contributed by atoms with E-state index in [0.29, 0.717) is 5.69 Å². The Morgan fingerprint density at radius 1 is 1.42 bits per heavy atom. The molecule has 3 nitrogen and oxygen atoms in total. The van der Waals surface area contributed by atoms with E-state index in [0.717, 1.165) is 11.5 Å². The Morgan fingerprint density at radius 3 is 2.58 bits per heavy atom. The second-order valence-electron chi connectivity index (χ2n) is 3.02. The average molecular weight is 161 g/mol. The van der Waals surface area contributed by atoms with Crippen molar-refractivity contribution >= 4 is 0 Å². The zero-order valence-electron chi connectivity index (χ0n) is 7.50. The molecule has 1 aromatic rings. The molecule has 0 atom stereocenters. The van der Waals surface area contributed by atoms with Crippen molar-refractivity contribution in [1.29, 1.82) is 5.26 Å². The Balaban J connectivity index is 3.17. The van der Waals surface area contributed by atoms with Crippen LogP contribution in [0, 0.1) is 18.3 Å². The van der Waals surface area contributed by atoms with Gasteiger partial charge in [0.15, 0.2) is 0 Å². The third-order valence-electron chi connectivity index (χ3n) is 1.50. The van der Waals surface area contributed by atoms with Crippen molar-refractivity contribution in [1.82, 2.24) is 9.97 Å². The molecule has 0 aliphatic rings. The Labute approximate surface area is 72.1 Å². The van der Waals surface area contributed by atoms with Crippen LogP contribution in [-0.2, 0) is 0 Å². The number of nitriles is 1. The minimum Gasteiger partial charge on any atom is -0.238 e. The summed E-state index contributed by atoms with van der Waals surface area (Å²) < 4.78 is 0. The maximum atomic E-state index is 8.63. The fourth-order valence-electron chi connectivity index (χ4n) is 0.907. The first kappa shape index (κ1) is 8.66. The maximum absolute atomic E-state index is 8.63. The molecule has 1 aromatic heterocycles. The molecule has 1 rings (SSSR count). The number of nitrogens with zero attached hydrogens (tertiary/aromatic N) is 3. The number of rotatable bonds is 1. The number of hydrogen-bond acceptors (Lipinski definition) is 3. The molecule has 0 amide bonds. The summed E-state index contributed by atoms with van der Waals surface area (Å²) in [5.41, 5.74) is 1.30. The third-order valence-corrected chi connectivity index (χ3v) is 1.50. The number of aryl methyl sites for hydroxylation is 1. The van der Waals surface area contributed by atoms with E-state index in [1.807, 2.05) is 26.8 Å². The Morgan fingerprint density at radius 2 is 2.08 bits per heavy atom. The van der Waals surface area contributed by atoms with Crippen molar-refractivity contribution < 1.29 is 0 Å². The SMILES string of the molecule is Cc1cc(C#N)nc(C(C)C)n1. The van der Waals surface area contributed by atoms with Crippen LogP contribution < -0.4 is 0 Å². The summed E-state index contributed by atoms with van der Waals surface area (Å²) >= 11 is 0. The summed E-state index contributed by atoms with van der Waals surface area (Å²) in [6.45, 7) is 5.89. The lowest BCUT2D eigenvalue weighted by molar-refractivity contribution is 0.763. The van der Waals surface area contributed by atoms with Crippen molar-refractivity contribution in [3.8, 4) is 6.07 Å². The van der Waals surface area contributed by atoms with Gasteiger partial charge in [0.25, 0.3) is 0 Å². The van der Waals surface area contributed by atoms with Gasteiger partial charge in [-0.2, -0.15) is 5.26 Å². The van der Waals surface area contributed by atoms with Gasteiger partial charge in [-0.1, -0.05) is 13.8 Å². The smallest absolute Gasteiger partial charge is 0.144 e. The zero-order chi connectivity index (χ0) is 9.14. The molecule has 0 spiro atoms. The molecule has 3 heteroatoms. The topological polar surface area (TPSA) is 49.6 Å². The average Bonchev–Trinajstić information content (AvgIpc) is 2.03. The Hall–Kier alpha value is -1.43. The fraction of sp³-hybridized carbons (Fsp3) is 0.444. The first-order valence-electron chi connectivity index (χ1n) is 3.89. The van der Waals surface area contributed by atoms with Crippen LogP contribution in [0.25, 0.3) is 0 Å². The molecule has 0 radical (unpaired) electrons. The minimum absolute atomic E-state index is 0.275. The van der Waals surface area contributed by atoms with Gasteiger partial charge in [0, 0.05) is 11.6 Å². The van der Waals surface area contributed by atoms with Crippen LogP contribution in [0.1, 0.15) is 37.0 Å². The highest BCUT2D eigenvalue weighted by atomic mass is 14.9. The molecule has 62 valence electrons. The van der Waals surface area contributed by atoms with Gasteiger partial charge in [0.2, 0.25) is 0 Å². The van der Waals surface area contributed by atoms with Crippen molar-refractivity contribution in [3.63, 3.8) is 0 Å². The highest BCUT2D eigenvalue weighted by molar-refractivity contribution is 5.22. The number of hydrogen-bond donors (Lipinski definition) is 0. The Bertz CT molecular complexity index is 323. The molecule has 0 aliphatic heterocycles. The maximum Gasteiger partial charge on any atom is 0.144 e. The van der Waals surface area contributed by atoms with E-state index in [1.54, 1.807) is 6.07 Å². The van der Waals surface area contributed by atoms with Crippen LogP contribution in [-0.4, -0.2) is 9.97 Å². The largest absolute Gasteiger partial charge is 0.238 e. The van der Waals surface area contributed by atoms with E-state index in [9.17, 15) is 0 Å². The lowest BCUT2D eigenvalue weighted by Crippen LogP contribution is -2.00. The van der Waals surface area contributed by atoms with Gasteiger partial charge in [-0.05, 0) is 13.0 Å². The second kappa shape index (κ2) is 3.31. The summed E-state index contributed by atoms with van der Waals surface area (Å²) in [7, 11) is 0. The summed E-state index contributed by atoms with van der Waals surface area (Å²) in [4.78, 5) is 8.30. The van der Waals surface area contributed by atoms with Crippen molar-refractivity contribution in [2.45, 2.75) is 26.7 Å². The normalized spacial score (nSPS) is 9.92. The summed E-state index contributed by atoms with van der Waals surface area (Å²) in [5.74, 6) is 1.02. The molecule has 0 unspecified atom stereocenters. The summed E-state index contributed by atoms with van der Waals surface area (Å²) in [5, 5.41) is 8.63. The van der Waals surface area contributed by atoms with Gasteiger partial charge in [0.05, 0.1) is 0 Å². The zero-order valence-corrected chi connectivity index (χ0v) is 7.50. The van der Waals surface area contributed by atoms with Crippen molar-refractivity contribution in [3.05, 3.63) is 23.3 Å². The molecule has 1 heterocycles. The quantitative estimate of drug-likeness (QED) is 0.630. The molecule has 0 fully saturated rings. The highest BCUT2D eigenvalue weighted by Crippen LogP contribution is 2.09. The number of aromatic nitrogens is 2. The van der Waals surface area contributed by atoms with Crippen LogP contribution in [0.4, 0.5) is 0 Å². The van der Waals surface area contributed by atoms with E-state index in [2.05, 4.69) is 9.97 Å². The van der Waals surface area contributed by atoms with Crippen LogP contribution in [0.3, 0.4) is 0 Å². The highest BCUT2D eigenvalue weighted by Gasteiger charge is 2.04. The molecular weight excluding hydrogens is 150 g/mol. The predicted octanol–water partition coefficient (Wildman–Crippen LogP) is 1.78. The van der Waals surface area contributed by atoms with Crippen molar-refractivity contribution in [2.24, 2.45) is 0 Å². The molecule has 0 aliphatic carbocycles.